The van der Waals surface area contributed by atoms with Gasteiger partial charge in [0.25, 0.3) is 0 Å². The maximum atomic E-state index is 12.7. The molecule has 156 valence electrons. The molecule has 2 atom stereocenters. The first kappa shape index (κ1) is 22.3. The molecule has 8 heteroatoms. The van der Waals surface area contributed by atoms with Crippen LogP contribution in [-0.2, 0) is 16.0 Å². The molecule has 2 saturated heterocycles. The number of carbonyl (C=O) groups excluding carboxylic acids is 2. The molecule has 2 amide bonds. The molecule has 1 N–H and O–H groups in total. The Kier molecular flexibility index (Phi) is 7.95. The van der Waals surface area contributed by atoms with Crippen LogP contribution in [0.3, 0.4) is 0 Å². The predicted octanol–water partition coefficient (Wildman–Crippen LogP) is 1.34. The van der Waals surface area contributed by atoms with Gasteiger partial charge in [0.15, 0.2) is 11.5 Å². The van der Waals surface area contributed by atoms with Crippen molar-refractivity contribution in [2.45, 2.75) is 25.3 Å². The van der Waals surface area contributed by atoms with Crippen molar-refractivity contribution in [2.24, 2.45) is 5.92 Å². The van der Waals surface area contributed by atoms with Gasteiger partial charge in [0, 0.05) is 39.1 Å². The lowest BCUT2D eigenvalue weighted by atomic mass is 10.1. The molecule has 1 aromatic rings. The van der Waals surface area contributed by atoms with Crippen molar-refractivity contribution in [3.05, 3.63) is 23.8 Å². The number of ether oxygens (including phenoxy) is 2. The number of carbonyl (C=O) groups is 2. The van der Waals surface area contributed by atoms with E-state index in [4.69, 9.17) is 9.47 Å². The number of rotatable bonds is 7. The van der Waals surface area contributed by atoms with Gasteiger partial charge in [0.05, 0.1) is 20.1 Å². The molecule has 2 fully saturated rings. The largest absolute Gasteiger partial charge is 0.493 e. The summed E-state index contributed by atoms with van der Waals surface area (Å²) in [5.74, 6) is 1.29. The van der Waals surface area contributed by atoms with Crippen molar-refractivity contribution < 1.29 is 19.1 Å². The first-order valence-electron chi connectivity index (χ1n) is 9.49. The molecule has 0 spiro atoms. The van der Waals surface area contributed by atoms with Crippen LogP contribution in [0.25, 0.3) is 0 Å². The zero-order valence-electron chi connectivity index (χ0n) is 16.8. The maximum Gasteiger partial charge on any atom is 0.228 e. The minimum Gasteiger partial charge on any atom is -0.493 e. The minimum atomic E-state index is -0.228. The summed E-state index contributed by atoms with van der Waals surface area (Å²) in [6.45, 7) is 2.90. The van der Waals surface area contributed by atoms with Crippen molar-refractivity contribution in [1.82, 2.24) is 15.1 Å². The fourth-order valence-electron chi connectivity index (χ4n) is 3.89. The zero-order valence-corrected chi connectivity index (χ0v) is 17.6. The number of hydrogen-bond acceptors (Lipinski definition) is 5. The number of methoxy groups -OCH3 is 2. The van der Waals surface area contributed by atoms with Crippen LogP contribution in [0.2, 0.25) is 0 Å². The highest BCUT2D eigenvalue weighted by Crippen LogP contribution is 2.28. The molecule has 0 saturated carbocycles. The second-order valence-electron chi connectivity index (χ2n) is 7.28. The van der Waals surface area contributed by atoms with Gasteiger partial charge in [0.1, 0.15) is 0 Å². The Morgan fingerprint density at radius 1 is 1.29 bits per heavy atom. The van der Waals surface area contributed by atoms with Crippen LogP contribution in [-0.4, -0.2) is 75.1 Å². The Morgan fingerprint density at radius 3 is 2.68 bits per heavy atom. The summed E-state index contributed by atoms with van der Waals surface area (Å²) < 4.78 is 10.6. The summed E-state index contributed by atoms with van der Waals surface area (Å²) in [6, 6.07) is 6.03. The second kappa shape index (κ2) is 9.98. The number of likely N-dealkylation sites (N-methyl/N-ethyl adjacent to an activating group) is 1. The Bertz CT molecular complexity index is 694. The van der Waals surface area contributed by atoms with Crippen molar-refractivity contribution in [1.29, 1.82) is 0 Å². The van der Waals surface area contributed by atoms with E-state index in [0.29, 0.717) is 31.0 Å². The van der Waals surface area contributed by atoms with Gasteiger partial charge in [-0.05, 0) is 37.1 Å². The topological polar surface area (TPSA) is 71.1 Å². The predicted molar refractivity (Wildman–Crippen MR) is 109 cm³/mol. The van der Waals surface area contributed by atoms with E-state index in [1.165, 1.54) is 0 Å². The van der Waals surface area contributed by atoms with Crippen molar-refractivity contribution in [3.8, 4) is 11.5 Å². The summed E-state index contributed by atoms with van der Waals surface area (Å²) in [5.41, 5.74) is 1.07. The Labute approximate surface area is 172 Å². The molecular formula is C20H30ClN3O4. The highest BCUT2D eigenvalue weighted by atomic mass is 35.5. The van der Waals surface area contributed by atoms with Gasteiger partial charge in [-0.2, -0.15) is 0 Å². The fourth-order valence-corrected chi connectivity index (χ4v) is 3.89. The molecule has 0 aliphatic carbocycles. The number of likely N-dealkylation sites (tertiary alicyclic amines) is 1. The van der Waals surface area contributed by atoms with E-state index in [1.807, 2.05) is 30.1 Å². The molecule has 2 aliphatic rings. The van der Waals surface area contributed by atoms with E-state index in [2.05, 4.69) is 5.32 Å². The normalized spacial score (nSPS) is 21.4. The van der Waals surface area contributed by atoms with E-state index in [1.54, 1.807) is 19.1 Å². The van der Waals surface area contributed by atoms with Gasteiger partial charge in [-0.25, -0.2) is 0 Å². The molecule has 0 bridgehead atoms. The van der Waals surface area contributed by atoms with E-state index in [0.717, 1.165) is 31.5 Å². The standard InChI is InChI=1S/C20H29N3O4.ClH/c1-22(16-6-8-21-12-16)20(25)15-11-19(24)23(13-15)9-7-14-4-5-17(26-2)18(10-14)27-3;/h4-5,10,15-16,21H,6-9,11-13H2,1-3H3;1H. The lowest BCUT2D eigenvalue weighted by Gasteiger charge is -2.26. The average Bonchev–Trinajstić information content (AvgIpc) is 3.35. The third-order valence-electron chi connectivity index (χ3n) is 5.61. The third kappa shape index (κ3) is 4.89. The number of nitrogens with one attached hydrogen (secondary N) is 1. The van der Waals surface area contributed by atoms with Gasteiger partial charge in [-0.1, -0.05) is 6.07 Å². The SMILES string of the molecule is COc1ccc(CCN2CC(C(=O)N(C)C3CCNC3)CC2=O)cc1OC.Cl. The number of amides is 2. The van der Waals surface area contributed by atoms with Crippen LogP contribution in [0, 0.1) is 5.92 Å². The molecule has 7 nitrogen and oxygen atoms in total. The van der Waals surface area contributed by atoms with Crippen molar-refractivity contribution in [3.63, 3.8) is 0 Å². The van der Waals surface area contributed by atoms with E-state index in [-0.39, 0.29) is 36.2 Å². The molecular weight excluding hydrogens is 382 g/mol. The maximum absolute atomic E-state index is 12.7. The summed E-state index contributed by atoms with van der Waals surface area (Å²) >= 11 is 0. The summed E-state index contributed by atoms with van der Waals surface area (Å²) in [4.78, 5) is 28.8. The monoisotopic (exact) mass is 411 g/mol. The number of hydrogen-bond donors (Lipinski definition) is 1. The molecule has 28 heavy (non-hydrogen) atoms. The average molecular weight is 412 g/mol. The van der Waals surface area contributed by atoms with Crippen molar-refractivity contribution >= 4 is 24.2 Å². The molecule has 0 radical (unpaired) electrons. The van der Waals surface area contributed by atoms with Crippen LogP contribution in [0.5, 0.6) is 11.5 Å². The third-order valence-corrected chi connectivity index (χ3v) is 5.61. The summed E-state index contributed by atoms with van der Waals surface area (Å²) in [5, 5.41) is 3.28. The number of halogens is 1. The number of benzene rings is 1. The minimum absolute atomic E-state index is 0. The van der Waals surface area contributed by atoms with Gasteiger partial charge in [-0.3, -0.25) is 9.59 Å². The van der Waals surface area contributed by atoms with Crippen LogP contribution >= 0.6 is 12.4 Å². The Balaban J connectivity index is 0.00000280. The molecule has 0 aromatic heterocycles. The highest BCUT2D eigenvalue weighted by molar-refractivity contribution is 5.89. The Hall–Kier alpha value is -1.99. The van der Waals surface area contributed by atoms with Gasteiger partial charge in [0.2, 0.25) is 11.8 Å². The van der Waals surface area contributed by atoms with E-state index >= 15 is 0 Å². The summed E-state index contributed by atoms with van der Waals surface area (Å²) in [7, 11) is 5.07. The molecule has 2 aliphatic heterocycles. The molecule has 3 rings (SSSR count). The fraction of sp³-hybridized carbons (Fsp3) is 0.600. The van der Waals surface area contributed by atoms with Gasteiger partial charge < -0.3 is 24.6 Å². The Morgan fingerprint density at radius 2 is 2.04 bits per heavy atom. The van der Waals surface area contributed by atoms with Crippen molar-refractivity contribution in [2.75, 3.05) is 47.4 Å². The van der Waals surface area contributed by atoms with E-state index < -0.39 is 0 Å². The molecule has 1 aromatic carbocycles. The first-order chi connectivity index (χ1) is 13.0. The summed E-state index contributed by atoms with van der Waals surface area (Å²) in [6.07, 6.45) is 2.01. The van der Waals surface area contributed by atoms with Crippen LogP contribution in [0.1, 0.15) is 18.4 Å². The van der Waals surface area contributed by atoms with Gasteiger partial charge in [-0.15, -0.1) is 12.4 Å². The van der Waals surface area contributed by atoms with E-state index in [9.17, 15) is 9.59 Å². The van der Waals surface area contributed by atoms with Crippen LogP contribution in [0.4, 0.5) is 0 Å². The second-order valence-corrected chi connectivity index (χ2v) is 7.28. The lowest BCUT2D eigenvalue weighted by molar-refractivity contribution is -0.136. The first-order valence-corrected chi connectivity index (χ1v) is 9.49. The van der Waals surface area contributed by atoms with Crippen LogP contribution in [0.15, 0.2) is 18.2 Å². The zero-order chi connectivity index (χ0) is 19.4. The lowest BCUT2D eigenvalue weighted by Crippen LogP contribution is -2.42. The molecule has 2 unspecified atom stereocenters. The molecule has 2 heterocycles. The van der Waals surface area contributed by atoms with Crippen LogP contribution < -0.4 is 14.8 Å². The quantitative estimate of drug-likeness (QED) is 0.733. The van der Waals surface area contributed by atoms with Gasteiger partial charge >= 0.3 is 0 Å². The smallest absolute Gasteiger partial charge is 0.228 e. The highest BCUT2D eigenvalue weighted by Gasteiger charge is 2.37. The number of nitrogens with zero attached hydrogens (tertiary/aromatic N) is 2.